The smallest absolute Gasteiger partial charge is 0.243 e. The van der Waals surface area contributed by atoms with Crippen molar-refractivity contribution in [2.75, 3.05) is 29.5 Å². The maximum Gasteiger partial charge on any atom is 0.243 e. The van der Waals surface area contributed by atoms with Gasteiger partial charge in [0.15, 0.2) is 0 Å². The Morgan fingerprint density at radius 2 is 2.10 bits per heavy atom. The van der Waals surface area contributed by atoms with Crippen LogP contribution in [0.2, 0.25) is 0 Å². The van der Waals surface area contributed by atoms with Crippen LogP contribution in [0.1, 0.15) is 0 Å². The molecule has 0 atom stereocenters. The summed E-state index contributed by atoms with van der Waals surface area (Å²) in [6.07, 6.45) is 0. The monoisotopic (exact) mass is 289 g/mol. The number of rotatable bonds is 4. The Morgan fingerprint density at radius 3 is 2.81 bits per heavy atom. The number of carbonyl (C=O) groups excluding carboxylic acids is 1. The summed E-state index contributed by atoms with van der Waals surface area (Å²) in [5, 5.41) is 11.9. The second kappa shape index (κ2) is 6.13. The number of nitrogen functional groups attached to an aromatic ring is 1. The molecule has 0 bridgehead atoms. The third kappa shape index (κ3) is 3.85. The fourth-order valence-corrected chi connectivity index (χ4v) is 1.87. The number of nitrogens with two attached hydrogens (primary N) is 1. The van der Waals surface area contributed by atoms with Crippen molar-refractivity contribution in [3.8, 4) is 5.75 Å². The molecule has 1 amide bonds. The van der Waals surface area contributed by atoms with E-state index in [1.165, 1.54) is 24.3 Å². The lowest BCUT2D eigenvalue weighted by Gasteiger charge is -2.19. The van der Waals surface area contributed by atoms with Crippen LogP contribution in [0.15, 0.2) is 42.5 Å². The molecule has 0 saturated carbocycles. The van der Waals surface area contributed by atoms with Crippen LogP contribution in [0.25, 0.3) is 0 Å². The minimum atomic E-state index is -0.544. The number of phenolic OH excluding ortho intramolecular Hbond substituents is 1. The van der Waals surface area contributed by atoms with E-state index >= 15 is 0 Å². The summed E-state index contributed by atoms with van der Waals surface area (Å²) < 4.78 is 13.5. The molecule has 5 nitrogen and oxygen atoms in total. The number of amides is 1. The van der Waals surface area contributed by atoms with E-state index in [-0.39, 0.29) is 23.9 Å². The van der Waals surface area contributed by atoms with Crippen molar-refractivity contribution < 1.29 is 14.3 Å². The summed E-state index contributed by atoms with van der Waals surface area (Å²) >= 11 is 0. The quantitative estimate of drug-likeness (QED) is 0.754. The average molecular weight is 289 g/mol. The highest BCUT2D eigenvalue weighted by atomic mass is 19.1. The van der Waals surface area contributed by atoms with Gasteiger partial charge in [0.1, 0.15) is 11.6 Å². The Hall–Kier alpha value is -2.76. The van der Waals surface area contributed by atoms with Crippen molar-refractivity contribution >= 4 is 23.0 Å². The molecule has 6 heteroatoms. The number of aromatic hydroxyl groups is 1. The van der Waals surface area contributed by atoms with Crippen molar-refractivity contribution in [3.05, 3.63) is 48.3 Å². The Bertz CT molecular complexity index is 661. The predicted octanol–water partition coefficient (Wildman–Crippen LogP) is 2.19. The zero-order valence-electron chi connectivity index (χ0n) is 11.5. The lowest BCUT2D eigenvalue weighted by molar-refractivity contribution is -0.114. The van der Waals surface area contributed by atoms with E-state index in [2.05, 4.69) is 5.32 Å². The third-order valence-electron chi connectivity index (χ3n) is 2.92. The van der Waals surface area contributed by atoms with Crippen LogP contribution in [-0.2, 0) is 4.79 Å². The summed E-state index contributed by atoms with van der Waals surface area (Å²) in [5.41, 5.74) is 6.65. The van der Waals surface area contributed by atoms with Gasteiger partial charge in [-0.1, -0.05) is 6.07 Å². The standard InChI is InChI=1S/C15H16FN3O2/c1-19(11-3-2-4-12(20)8-11)9-15(21)18-14-7-10(17)5-6-13(14)16/h2-8,20H,9,17H2,1H3,(H,18,21). The molecule has 0 aromatic heterocycles. The van der Waals surface area contributed by atoms with Gasteiger partial charge in [0.05, 0.1) is 12.2 Å². The first-order valence-electron chi connectivity index (χ1n) is 6.31. The van der Waals surface area contributed by atoms with Crippen molar-refractivity contribution in [1.82, 2.24) is 0 Å². The maximum atomic E-state index is 13.5. The average Bonchev–Trinajstić information content (AvgIpc) is 2.42. The molecule has 0 aliphatic rings. The van der Waals surface area contributed by atoms with E-state index < -0.39 is 5.82 Å². The molecule has 2 rings (SSSR count). The Labute approximate surface area is 121 Å². The molecule has 0 aliphatic heterocycles. The van der Waals surface area contributed by atoms with Crippen LogP contribution in [0, 0.1) is 5.82 Å². The lowest BCUT2D eigenvalue weighted by atomic mass is 10.2. The summed E-state index contributed by atoms with van der Waals surface area (Å²) in [6, 6.07) is 10.5. The molecule has 2 aromatic carbocycles. The minimum Gasteiger partial charge on any atom is -0.508 e. The zero-order valence-corrected chi connectivity index (χ0v) is 11.5. The molecule has 2 aromatic rings. The molecular weight excluding hydrogens is 273 g/mol. The molecule has 0 heterocycles. The van der Waals surface area contributed by atoms with E-state index in [4.69, 9.17) is 5.73 Å². The highest BCUT2D eigenvalue weighted by Crippen LogP contribution is 2.20. The second-order valence-corrected chi connectivity index (χ2v) is 4.66. The van der Waals surface area contributed by atoms with E-state index in [1.54, 1.807) is 30.1 Å². The van der Waals surface area contributed by atoms with Crippen LogP contribution >= 0.6 is 0 Å². The van der Waals surface area contributed by atoms with Crippen LogP contribution in [0.4, 0.5) is 21.5 Å². The fourth-order valence-electron chi connectivity index (χ4n) is 1.87. The molecule has 0 aliphatic carbocycles. The van der Waals surface area contributed by atoms with E-state index in [0.717, 1.165) is 0 Å². The molecule has 21 heavy (non-hydrogen) atoms. The highest BCUT2D eigenvalue weighted by Gasteiger charge is 2.11. The van der Waals surface area contributed by atoms with Crippen LogP contribution in [-0.4, -0.2) is 24.6 Å². The van der Waals surface area contributed by atoms with Crippen molar-refractivity contribution in [3.63, 3.8) is 0 Å². The zero-order chi connectivity index (χ0) is 15.4. The molecule has 0 saturated heterocycles. The fraction of sp³-hybridized carbons (Fsp3) is 0.133. The maximum absolute atomic E-state index is 13.5. The molecule has 0 unspecified atom stereocenters. The van der Waals surface area contributed by atoms with E-state index in [1.807, 2.05) is 0 Å². The van der Waals surface area contributed by atoms with Gasteiger partial charge in [0.25, 0.3) is 0 Å². The number of nitrogens with one attached hydrogen (secondary N) is 1. The molecule has 0 fully saturated rings. The van der Waals surface area contributed by atoms with Crippen LogP contribution < -0.4 is 16.0 Å². The van der Waals surface area contributed by atoms with Crippen molar-refractivity contribution in [2.45, 2.75) is 0 Å². The van der Waals surface area contributed by atoms with Crippen molar-refractivity contribution in [1.29, 1.82) is 0 Å². The molecule has 110 valence electrons. The Morgan fingerprint density at radius 1 is 1.33 bits per heavy atom. The lowest BCUT2D eigenvalue weighted by Crippen LogP contribution is -2.30. The SMILES string of the molecule is CN(CC(=O)Nc1cc(N)ccc1F)c1cccc(O)c1. The Kier molecular flexibility index (Phi) is 4.27. The first-order valence-corrected chi connectivity index (χ1v) is 6.31. The van der Waals surface area contributed by atoms with Crippen LogP contribution in [0.3, 0.4) is 0 Å². The number of nitrogens with zero attached hydrogens (tertiary/aromatic N) is 1. The highest BCUT2D eigenvalue weighted by molar-refractivity contribution is 5.94. The molecule has 4 N–H and O–H groups in total. The summed E-state index contributed by atoms with van der Waals surface area (Å²) in [7, 11) is 1.70. The minimum absolute atomic E-state index is 0.0116. The molecular formula is C15H16FN3O2. The first-order chi connectivity index (χ1) is 9.95. The third-order valence-corrected chi connectivity index (χ3v) is 2.92. The van der Waals surface area contributed by atoms with Gasteiger partial charge in [0, 0.05) is 24.5 Å². The largest absolute Gasteiger partial charge is 0.508 e. The number of carbonyl (C=O) groups is 1. The number of phenols is 1. The van der Waals surface area contributed by atoms with Gasteiger partial charge in [-0.3, -0.25) is 4.79 Å². The van der Waals surface area contributed by atoms with Gasteiger partial charge in [-0.05, 0) is 30.3 Å². The number of benzene rings is 2. The van der Waals surface area contributed by atoms with Gasteiger partial charge in [0.2, 0.25) is 5.91 Å². The first kappa shape index (κ1) is 14.6. The van der Waals surface area contributed by atoms with E-state index in [9.17, 15) is 14.3 Å². The van der Waals surface area contributed by atoms with Gasteiger partial charge in [-0.2, -0.15) is 0 Å². The topological polar surface area (TPSA) is 78.6 Å². The van der Waals surface area contributed by atoms with Crippen molar-refractivity contribution in [2.24, 2.45) is 0 Å². The summed E-state index contributed by atoms with van der Waals surface area (Å²) in [6.45, 7) is 0.0116. The Balaban J connectivity index is 2.03. The number of likely N-dealkylation sites (N-methyl/N-ethyl adjacent to an activating group) is 1. The van der Waals surface area contributed by atoms with Gasteiger partial charge < -0.3 is 21.1 Å². The van der Waals surface area contributed by atoms with Gasteiger partial charge in [-0.15, -0.1) is 0 Å². The van der Waals surface area contributed by atoms with Crippen LogP contribution in [0.5, 0.6) is 5.75 Å². The number of halogens is 1. The van der Waals surface area contributed by atoms with E-state index in [0.29, 0.717) is 11.4 Å². The number of anilines is 3. The molecule has 0 radical (unpaired) electrons. The summed E-state index contributed by atoms with van der Waals surface area (Å²) in [5.74, 6) is -0.815. The second-order valence-electron chi connectivity index (χ2n) is 4.66. The predicted molar refractivity (Wildman–Crippen MR) is 80.8 cm³/mol. The normalized spacial score (nSPS) is 10.2. The number of hydrogen-bond donors (Lipinski definition) is 3. The molecule has 0 spiro atoms. The number of hydrogen-bond acceptors (Lipinski definition) is 4. The summed E-state index contributed by atoms with van der Waals surface area (Å²) in [4.78, 5) is 13.6. The van der Waals surface area contributed by atoms with Gasteiger partial charge in [-0.25, -0.2) is 4.39 Å². The van der Waals surface area contributed by atoms with Gasteiger partial charge >= 0.3 is 0 Å².